The lowest BCUT2D eigenvalue weighted by molar-refractivity contribution is -0.113. The van der Waals surface area contributed by atoms with Crippen molar-refractivity contribution in [2.75, 3.05) is 12.0 Å². The van der Waals surface area contributed by atoms with E-state index < -0.39 is 0 Å². The molecule has 0 N–H and O–H groups in total. The van der Waals surface area contributed by atoms with Gasteiger partial charge in [-0.05, 0) is 66.1 Å². The van der Waals surface area contributed by atoms with Crippen LogP contribution in [0.3, 0.4) is 0 Å². The van der Waals surface area contributed by atoms with Crippen molar-refractivity contribution < 1.29 is 14.3 Å². The minimum atomic E-state index is -0.155. The Morgan fingerprint density at radius 3 is 2.54 bits per heavy atom. The fourth-order valence-corrected chi connectivity index (χ4v) is 5.53. The molecule has 35 heavy (non-hydrogen) atoms. The summed E-state index contributed by atoms with van der Waals surface area (Å²) < 4.78 is 14.2. The fourth-order valence-electron chi connectivity index (χ4n) is 3.58. The number of thioether (sulfide) groups is 1. The number of hydrogen-bond acceptors (Lipinski definition) is 5. The summed E-state index contributed by atoms with van der Waals surface area (Å²) in [6, 6.07) is 19.4. The second-order valence-corrected chi connectivity index (χ2v) is 11.1. The number of benzene rings is 3. The van der Waals surface area contributed by atoms with Crippen molar-refractivity contribution in [2.24, 2.45) is 0 Å². The van der Waals surface area contributed by atoms with E-state index in [0.29, 0.717) is 33.8 Å². The van der Waals surface area contributed by atoms with Crippen LogP contribution < -0.4 is 14.4 Å². The summed E-state index contributed by atoms with van der Waals surface area (Å²) >= 11 is 13.7. The first kappa shape index (κ1) is 25.7. The van der Waals surface area contributed by atoms with Crippen LogP contribution in [0.25, 0.3) is 6.08 Å². The molecule has 4 nitrogen and oxygen atoms in total. The average molecular weight is 631 g/mol. The highest BCUT2D eigenvalue weighted by Crippen LogP contribution is 2.39. The van der Waals surface area contributed by atoms with Gasteiger partial charge in [0.1, 0.15) is 6.61 Å². The van der Waals surface area contributed by atoms with Gasteiger partial charge >= 0.3 is 0 Å². The number of amides is 1. The first-order valence-corrected chi connectivity index (χ1v) is 13.4. The van der Waals surface area contributed by atoms with Crippen molar-refractivity contribution in [1.82, 2.24) is 0 Å². The SMILES string of the molecule is C=CCc1cc(/C=C2\SC(=S)N(c3cccc(Br)c3)C2=O)cc(OC)c1OCc1ccc(Br)cc1. The highest BCUT2D eigenvalue weighted by molar-refractivity contribution is 9.10. The van der Waals surface area contributed by atoms with E-state index in [1.807, 2.05) is 72.8 Å². The Hall–Kier alpha value is -2.39. The maximum Gasteiger partial charge on any atom is 0.270 e. The van der Waals surface area contributed by atoms with Crippen LogP contribution in [0.2, 0.25) is 0 Å². The van der Waals surface area contributed by atoms with Crippen LogP contribution in [0, 0.1) is 0 Å². The molecule has 0 atom stereocenters. The van der Waals surface area contributed by atoms with Gasteiger partial charge in [-0.2, -0.15) is 0 Å². The lowest BCUT2D eigenvalue weighted by Crippen LogP contribution is -2.27. The van der Waals surface area contributed by atoms with Crippen LogP contribution in [0.5, 0.6) is 11.5 Å². The number of carbonyl (C=O) groups excluding carboxylic acids is 1. The normalized spacial score (nSPS) is 14.5. The predicted molar refractivity (Wildman–Crippen MR) is 155 cm³/mol. The maximum absolute atomic E-state index is 13.2. The van der Waals surface area contributed by atoms with E-state index in [9.17, 15) is 4.79 Å². The number of halogens is 2. The molecule has 1 amide bonds. The van der Waals surface area contributed by atoms with E-state index in [0.717, 1.165) is 31.3 Å². The van der Waals surface area contributed by atoms with Gasteiger partial charge in [0.05, 0.1) is 17.7 Å². The van der Waals surface area contributed by atoms with Crippen LogP contribution in [-0.2, 0) is 17.8 Å². The Bertz CT molecular complexity index is 1320. The molecule has 0 aromatic heterocycles. The molecule has 0 aliphatic carbocycles. The number of allylic oxidation sites excluding steroid dienone is 1. The van der Waals surface area contributed by atoms with E-state index in [2.05, 4.69) is 38.4 Å². The smallest absolute Gasteiger partial charge is 0.270 e. The fraction of sp³-hybridized carbons (Fsp3) is 0.111. The third-order valence-electron chi connectivity index (χ3n) is 5.19. The number of rotatable bonds is 8. The highest BCUT2D eigenvalue weighted by atomic mass is 79.9. The Morgan fingerprint density at radius 1 is 1.09 bits per heavy atom. The Kier molecular flexibility index (Phi) is 8.49. The molecule has 4 rings (SSSR count). The molecule has 0 radical (unpaired) electrons. The molecule has 3 aromatic carbocycles. The van der Waals surface area contributed by atoms with Crippen molar-refractivity contribution in [3.63, 3.8) is 0 Å². The molecule has 0 bridgehead atoms. The highest BCUT2D eigenvalue weighted by Gasteiger charge is 2.33. The molecule has 0 unspecified atom stereocenters. The average Bonchev–Trinajstić information content (AvgIpc) is 3.11. The van der Waals surface area contributed by atoms with Gasteiger partial charge < -0.3 is 9.47 Å². The number of hydrogen-bond donors (Lipinski definition) is 0. The third kappa shape index (κ3) is 6.06. The van der Waals surface area contributed by atoms with Gasteiger partial charge in [0, 0.05) is 14.5 Å². The Morgan fingerprint density at radius 2 is 1.86 bits per heavy atom. The van der Waals surface area contributed by atoms with Crippen LogP contribution in [0.1, 0.15) is 16.7 Å². The molecule has 1 saturated heterocycles. The largest absolute Gasteiger partial charge is 0.493 e. The van der Waals surface area contributed by atoms with Gasteiger partial charge in [-0.15, -0.1) is 6.58 Å². The predicted octanol–water partition coefficient (Wildman–Crippen LogP) is 7.93. The first-order valence-electron chi connectivity index (χ1n) is 10.6. The summed E-state index contributed by atoms with van der Waals surface area (Å²) in [6.07, 6.45) is 4.25. The molecule has 0 saturated carbocycles. The number of nitrogens with zero attached hydrogens (tertiary/aromatic N) is 1. The first-order chi connectivity index (χ1) is 16.9. The van der Waals surface area contributed by atoms with Gasteiger partial charge in [0.2, 0.25) is 0 Å². The van der Waals surface area contributed by atoms with E-state index >= 15 is 0 Å². The molecule has 178 valence electrons. The Balaban J connectivity index is 1.64. The third-order valence-corrected chi connectivity index (χ3v) is 7.52. The zero-order valence-corrected chi connectivity index (χ0v) is 23.6. The number of methoxy groups -OCH3 is 1. The molecule has 0 spiro atoms. The van der Waals surface area contributed by atoms with Crippen molar-refractivity contribution in [2.45, 2.75) is 13.0 Å². The molecule has 1 aliphatic rings. The molecule has 8 heteroatoms. The summed E-state index contributed by atoms with van der Waals surface area (Å²) in [5, 5.41) is 0. The summed E-state index contributed by atoms with van der Waals surface area (Å²) in [5.74, 6) is 1.10. The van der Waals surface area contributed by atoms with E-state index in [-0.39, 0.29) is 5.91 Å². The van der Waals surface area contributed by atoms with Crippen molar-refractivity contribution >= 4 is 77.8 Å². The number of thiocarbonyl (C=S) groups is 1. The van der Waals surface area contributed by atoms with E-state index in [1.54, 1.807) is 12.0 Å². The minimum absolute atomic E-state index is 0.155. The lowest BCUT2D eigenvalue weighted by Gasteiger charge is -2.16. The zero-order chi connectivity index (χ0) is 24.9. The van der Waals surface area contributed by atoms with Gasteiger partial charge in [0.15, 0.2) is 15.8 Å². The van der Waals surface area contributed by atoms with E-state index in [4.69, 9.17) is 21.7 Å². The van der Waals surface area contributed by atoms with Gasteiger partial charge in [0.25, 0.3) is 5.91 Å². The summed E-state index contributed by atoms with van der Waals surface area (Å²) in [7, 11) is 1.61. The quantitative estimate of drug-likeness (QED) is 0.144. The molecule has 1 fully saturated rings. The number of anilines is 1. The second-order valence-electron chi connectivity index (χ2n) is 7.62. The van der Waals surface area contributed by atoms with E-state index in [1.165, 1.54) is 11.8 Å². The molecule has 3 aromatic rings. The molecule has 1 aliphatic heterocycles. The monoisotopic (exact) mass is 629 g/mol. The summed E-state index contributed by atoms with van der Waals surface area (Å²) in [5.41, 5.74) is 3.52. The maximum atomic E-state index is 13.2. The summed E-state index contributed by atoms with van der Waals surface area (Å²) in [6.45, 7) is 4.28. The minimum Gasteiger partial charge on any atom is -0.493 e. The van der Waals surface area contributed by atoms with Crippen LogP contribution >= 0.6 is 55.8 Å². The molecule has 1 heterocycles. The standard InChI is InChI=1S/C27H21Br2NO3S2/c1-3-5-19-12-18(13-23(32-2)25(19)33-16-17-8-10-20(28)11-9-17)14-24-26(31)30(27(34)35-24)22-7-4-6-21(29)15-22/h3-4,6-15H,1,5,16H2,2H3/b24-14-. The van der Waals surface area contributed by atoms with Gasteiger partial charge in [-0.25, -0.2) is 0 Å². The number of carbonyl (C=O) groups is 1. The molecular formula is C27H21Br2NO3S2. The van der Waals surface area contributed by atoms with Gasteiger partial charge in [-0.1, -0.05) is 80.1 Å². The van der Waals surface area contributed by atoms with Crippen molar-refractivity contribution in [3.05, 3.63) is 104 Å². The van der Waals surface area contributed by atoms with Gasteiger partial charge in [-0.3, -0.25) is 9.69 Å². The Labute approximate surface area is 231 Å². The van der Waals surface area contributed by atoms with Crippen molar-refractivity contribution in [1.29, 1.82) is 0 Å². The van der Waals surface area contributed by atoms with Crippen molar-refractivity contribution in [3.8, 4) is 11.5 Å². The second kappa shape index (κ2) is 11.6. The lowest BCUT2D eigenvalue weighted by atomic mass is 10.0. The molecular weight excluding hydrogens is 610 g/mol. The van der Waals surface area contributed by atoms with Crippen LogP contribution in [0.4, 0.5) is 5.69 Å². The number of ether oxygens (including phenoxy) is 2. The summed E-state index contributed by atoms with van der Waals surface area (Å²) in [4.78, 5) is 15.3. The van der Waals surface area contributed by atoms with Crippen LogP contribution in [0.15, 0.2) is 87.2 Å². The zero-order valence-electron chi connectivity index (χ0n) is 18.8. The topological polar surface area (TPSA) is 38.8 Å². The van der Waals surface area contributed by atoms with Crippen LogP contribution in [-0.4, -0.2) is 17.3 Å².